The lowest BCUT2D eigenvalue weighted by atomic mass is 9.83. The number of ketones is 2. The van der Waals surface area contributed by atoms with Gasteiger partial charge in [-0.05, 0) is 25.0 Å². The van der Waals surface area contributed by atoms with Crippen LogP contribution >= 0.6 is 0 Å². The number of benzene rings is 2. The number of carbonyl (C=O) groups is 3. The van der Waals surface area contributed by atoms with Crippen molar-refractivity contribution in [2.75, 3.05) is 11.4 Å². The number of hydrogen-bond acceptors (Lipinski definition) is 4. The zero-order valence-corrected chi connectivity index (χ0v) is 12.9. The van der Waals surface area contributed by atoms with Crippen LogP contribution in [0.4, 0.5) is 5.69 Å². The zero-order chi connectivity index (χ0) is 16.8. The summed E-state index contributed by atoms with van der Waals surface area (Å²) < 4.78 is 0. The molecule has 1 aliphatic carbocycles. The molecule has 2 aromatic carbocycles. The Morgan fingerprint density at radius 1 is 0.833 bits per heavy atom. The second-order valence-corrected chi connectivity index (χ2v) is 6.06. The second-order valence-electron chi connectivity index (χ2n) is 6.06. The first kappa shape index (κ1) is 14.6. The van der Waals surface area contributed by atoms with Gasteiger partial charge in [0.1, 0.15) is 0 Å². The Morgan fingerprint density at radius 3 is 2.25 bits per heavy atom. The molecular formula is C19H15NO4. The minimum Gasteiger partial charge on any atom is -0.505 e. The van der Waals surface area contributed by atoms with Crippen LogP contribution in [0.3, 0.4) is 0 Å². The molecule has 0 aromatic heterocycles. The average Bonchev–Trinajstić information content (AvgIpc) is 2.60. The van der Waals surface area contributed by atoms with E-state index in [0.717, 1.165) is 12.8 Å². The van der Waals surface area contributed by atoms with E-state index < -0.39 is 0 Å². The molecule has 2 aliphatic rings. The van der Waals surface area contributed by atoms with E-state index >= 15 is 0 Å². The molecule has 1 N–H and O–H groups in total. The molecule has 120 valence electrons. The van der Waals surface area contributed by atoms with Gasteiger partial charge in [-0.25, -0.2) is 0 Å². The zero-order valence-electron chi connectivity index (χ0n) is 12.9. The summed E-state index contributed by atoms with van der Waals surface area (Å²) in [4.78, 5) is 39.0. The number of fused-ring (bicyclic) bond motifs is 2. The number of amides is 1. The summed E-state index contributed by atoms with van der Waals surface area (Å²) in [5, 5.41) is 10.7. The number of phenols is 1. The molecule has 1 amide bonds. The van der Waals surface area contributed by atoms with Crippen LogP contribution < -0.4 is 4.90 Å². The number of piperidine rings is 1. The number of hydrogen-bond donors (Lipinski definition) is 1. The van der Waals surface area contributed by atoms with Crippen molar-refractivity contribution in [3.63, 3.8) is 0 Å². The Morgan fingerprint density at radius 2 is 1.54 bits per heavy atom. The Labute approximate surface area is 138 Å². The standard InChI is InChI=1S/C19H15NO4/c21-15-7-3-4-10-20(15)14-9-8-13-16(19(14)24)18(23)12-6-2-1-5-11(12)17(13)22/h1-2,5-6,8-9,24H,3-4,7,10H2. The third-order valence-corrected chi connectivity index (χ3v) is 4.66. The fraction of sp³-hybridized carbons (Fsp3) is 0.211. The van der Waals surface area contributed by atoms with Gasteiger partial charge in [-0.15, -0.1) is 0 Å². The minimum atomic E-state index is -0.385. The molecule has 0 saturated carbocycles. The highest BCUT2D eigenvalue weighted by molar-refractivity contribution is 6.29. The smallest absolute Gasteiger partial charge is 0.227 e. The summed E-state index contributed by atoms with van der Waals surface area (Å²) in [5.41, 5.74) is 1.11. The van der Waals surface area contributed by atoms with Crippen molar-refractivity contribution in [1.82, 2.24) is 0 Å². The van der Waals surface area contributed by atoms with E-state index in [1.165, 1.54) is 11.0 Å². The molecule has 0 unspecified atom stereocenters. The summed E-state index contributed by atoms with van der Waals surface area (Å²) >= 11 is 0. The monoisotopic (exact) mass is 321 g/mol. The minimum absolute atomic E-state index is 0.00502. The SMILES string of the molecule is O=C1c2ccccc2C(=O)c2c1ccc(N1CCCCC1=O)c2O. The van der Waals surface area contributed by atoms with E-state index in [1.54, 1.807) is 30.3 Å². The summed E-state index contributed by atoms with van der Waals surface area (Å²) in [7, 11) is 0. The molecule has 0 atom stereocenters. The highest BCUT2D eigenvalue weighted by Crippen LogP contribution is 2.39. The molecule has 1 fully saturated rings. The van der Waals surface area contributed by atoms with Gasteiger partial charge in [-0.1, -0.05) is 24.3 Å². The average molecular weight is 321 g/mol. The molecule has 4 rings (SSSR count). The lowest BCUT2D eigenvalue weighted by molar-refractivity contribution is -0.119. The molecule has 0 radical (unpaired) electrons. The number of carbonyl (C=O) groups excluding carboxylic acids is 3. The molecule has 0 spiro atoms. The number of nitrogens with zero attached hydrogens (tertiary/aromatic N) is 1. The van der Waals surface area contributed by atoms with Crippen LogP contribution in [0.15, 0.2) is 36.4 Å². The first-order valence-electron chi connectivity index (χ1n) is 7.94. The first-order chi connectivity index (χ1) is 11.6. The van der Waals surface area contributed by atoms with Crippen LogP contribution in [-0.4, -0.2) is 29.1 Å². The van der Waals surface area contributed by atoms with Crippen molar-refractivity contribution >= 4 is 23.2 Å². The predicted molar refractivity (Wildman–Crippen MR) is 87.6 cm³/mol. The van der Waals surface area contributed by atoms with E-state index in [0.29, 0.717) is 24.2 Å². The molecule has 1 saturated heterocycles. The molecule has 5 heteroatoms. The van der Waals surface area contributed by atoms with Crippen molar-refractivity contribution in [2.45, 2.75) is 19.3 Å². The molecule has 5 nitrogen and oxygen atoms in total. The quantitative estimate of drug-likeness (QED) is 0.748. The van der Waals surface area contributed by atoms with Gasteiger partial charge in [0, 0.05) is 29.7 Å². The van der Waals surface area contributed by atoms with Gasteiger partial charge in [-0.3, -0.25) is 14.4 Å². The van der Waals surface area contributed by atoms with Gasteiger partial charge < -0.3 is 10.0 Å². The topological polar surface area (TPSA) is 74.7 Å². The molecule has 24 heavy (non-hydrogen) atoms. The van der Waals surface area contributed by atoms with Crippen LogP contribution in [0.1, 0.15) is 51.1 Å². The highest BCUT2D eigenvalue weighted by Gasteiger charge is 2.34. The Balaban J connectivity index is 1.89. The van der Waals surface area contributed by atoms with Gasteiger partial charge in [0.15, 0.2) is 17.3 Å². The first-order valence-corrected chi connectivity index (χ1v) is 7.94. The maximum absolute atomic E-state index is 12.8. The predicted octanol–water partition coefficient (Wildman–Crippen LogP) is 2.68. The van der Waals surface area contributed by atoms with Crippen molar-refractivity contribution < 1.29 is 19.5 Å². The van der Waals surface area contributed by atoms with Crippen molar-refractivity contribution in [1.29, 1.82) is 0 Å². The Bertz CT molecular complexity index is 900. The maximum Gasteiger partial charge on any atom is 0.227 e. The molecule has 0 bridgehead atoms. The van der Waals surface area contributed by atoms with Crippen molar-refractivity contribution in [3.05, 3.63) is 58.7 Å². The number of phenolic OH excluding ortho intramolecular Hbond substituents is 1. The van der Waals surface area contributed by atoms with E-state index in [1.807, 2.05) is 0 Å². The van der Waals surface area contributed by atoms with E-state index in [-0.39, 0.29) is 39.9 Å². The van der Waals surface area contributed by atoms with E-state index in [9.17, 15) is 19.5 Å². The lowest BCUT2D eigenvalue weighted by Gasteiger charge is -2.29. The van der Waals surface area contributed by atoms with Crippen molar-refractivity contribution in [2.24, 2.45) is 0 Å². The van der Waals surface area contributed by atoms with Crippen LogP contribution in [0.5, 0.6) is 5.75 Å². The Hall–Kier alpha value is -2.95. The van der Waals surface area contributed by atoms with Crippen LogP contribution in [0, 0.1) is 0 Å². The van der Waals surface area contributed by atoms with E-state index in [4.69, 9.17) is 0 Å². The van der Waals surface area contributed by atoms with Crippen molar-refractivity contribution in [3.8, 4) is 5.75 Å². The number of aromatic hydroxyl groups is 1. The van der Waals surface area contributed by atoms with Gasteiger partial charge >= 0.3 is 0 Å². The molecule has 1 heterocycles. The normalized spacial score (nSPS) is 16.8. The summed E-state index contributed by atoms with van der Waals surface area (Å²) in [6, 6.07) is 9.66. The fourth-order valence-electron chi connectivity index (χ4n) is 3.44. The third-order valence-electron chi connectivity index (χ3n) is 4.66. The number of rotatable bonds is 1. The van der Waals surface area contributed by atoms with Gasteiger partial charge in [-0.2, -0.15) is 0 Å². The van der Waals surface area contributed by atoms with Crippen LogP contribution in [0.2, 0.25) is 0 Å². The largest absolute Gasteiger partial charge is 0.505 e. The highest BCUT2D eigenvalue weighted by atomic mass is 16.3. The fourth-order valence-corrected chi connectivity index (χ4v) is 3.44. The van der Waals surface area contributed by atoms with Gasteiger partial charge in [0.05, 0.1) is 11.3 Å². The second kappa shape index (κ2) is 5.30. The van der Waals surface area contributed by atoms with Crippen LogP contribution in [0.25, 0.3) is 0 Å². The van der Waals surface area contributed by atoms with Gasteiger partial charge in [0.2, 0.25) is 5.91 Å². The Kier molecular flexibility index (Phi) is 3.23. The summed E-state index contributed by atoms with van der Waals surface area (Å²) in [5.74, 6) is -1.03. The third kappa shape index (κ3) is 1.98. The lowest BCUT2D eigenvalue weighted by Crippen LogP contribution is -2.35. The summed E-state index contributed by atoms with van der Waals surface area (Å²) in [6.45, 7) is 0.504. The summed E-state index contributed by atoms with van der Waals surface area (Å²) in [6.07, 6.45) is 2.09. The molecular weight excluding hydrogens is 306 g/mol. The van der Waals surface area contributed by atoms with Gasteiger partial charge in [0.25, 0.3) is 0 Å². The maximum atomic E-state index is 12.8. The van der Waals surface area contributed by atoms with E-state index in [2.05, 4.69) is 0 Å². The molecule has 1 aliphatic heterocycles. The van der Waals surface area contributed by atoms with Crippen LogP contribution in [-0.2, 0) is 4.79 Å². The molecule has 2 aromatic rings. The number of anilines is 1.